The molecule has 186 valence electrons. The smallest absolute Gasteiger partial charge is 0.340 e. The number of esters is 1. The van der Waals surface area contributed by atoms with Crippen molar-refractivity contribution in [3.8, 4) is 5.75 Å². The lowest BCUT2D eigenvalue weighted by Crippen LogP contribution is -2.48. The summed E-state index contributed by atoms with van der Waals surface area (Å²) in [4.78, 5) is 30.1. The van der Waals surface area contributed by atoms with Crippen LogP contribution in [0.1, 0.15) is 23.0 Å². The molecule has 1 aliphatic rings. The van der Waals surface area contributed by atoms with E-state index in [-0.39, 0.29) is 24.9 Å². The minimum absolute atomic E-state index is 0.192. The number of aromatic nitrogens is 1. The molecule has 0 bridgehead atoms. The lowest BCUT2D eigenvalue weighted by molar-refractivity contribution is -0.117. The van der Waals surface area contributed by atoms with Gasteiger partial charge in [0, 0.05) is 50.0 Å². The van der Waals surface area contributed by atoms with Crippen molar-refractivity contribution in [1.82, 2.24) is 9.47 Å². The molecule has 2 aromatic carbocycles. The Labute approximate surface area is 204 Å². The number of hydrogen-bond acceptors (Lipinski definition) is 6. The third kappa shape index (κ3) is 4.95. The summed E-state index contributed by atoms with van der Waals surface area (Å²) in [6, 6.07) is 10.1. The molecule has 0 atom stereocenters. The minimum Gasteiger partial charge on any atom is -0.495 e. The maximum absolute atomic E-state index is 13.2. The maximum atomic E-state index is 13.2. The fourth-order valence-electron chi connectivity index (χ4n) is 4.58. The summed E-state index contributed by atoms with van der Waals surface area (Å²) in [7, 11) is 3.41. The van der Waals surface area contributed by atoms with Gasteiger partial charge in [0.05, 0.1) is 37.0 Å². The predicted octanol–water partition coefficient (Wildman–Crippen LogP) is 3.57. The third-order valence-corrected chi connectivity index (χ3v) is 6.52. The molecule has 1 aromatic heterocycles. The molecule has 0 saturated carbocycles. The fraction of sp³-hybridized carbons (Fsp3) is 0.385. The van der Waals surface area contributed by atoms with E-state index in [1.807, 2.05) is 24.6 Å². The monoisotopic (exact) mass is 482 g/mol. The van der Waals surface area contributed by atoms with Gasteiger partial charge in [-0.05, 0) is 50.2 Å². The normalized spacial score (nSPS) is 14.3. The van der Waals surface area contributed by atoms with Crippen molar-refractivity contribution in [3.05, 3.63) is 53.5 Å². The first kappa shape index (κ1) is 24.5. The predicted molar refractivity (Wildman–Crippen MR) is 134 cm³/mol. The van der Waals surface area contributed by atoms with E-state index in [2.05, 4.69) is 15.1 Å². The number of ether oxygens (including phenoxy) is 2. The van der Waals surface area contributed by atoms with Crippen molar-refractivity contribution >= 4 is 34.2 Å². The van der Waals surface area contributed by atoms with E-state index in [4.69, 9.17) is 9.47 Å². The van der Waals surface area contributed by atoms with E-state index in [0.717, 1.165) is 30.0 Å². The van der Waals surface area contributed by atoms with Crippen molar-refractivity contribution in [3.63, 3.8) is 0 Å². The first-order chi connectivity index (χ1) is 16.8. The van der Waals surface area contributed by atoms with Crippen molar-refractivity contribution in [1.29, 1.82) is 0 Å². The van der Waals surface area contributed by atoms with Crippen LogP contribution in [0.4, 0.5) is 15.8 Å². The number of amides is 1. The molecule has 0 radical (unpaired) electrons. The van der Waals surface area contributed by atoms with Gasteiger partial charge in [0.1, 0.15) is 11.6 Å². The Kier molecular flexibility index (Phi) is 7.25. The number of fused-ring (bicyclic) bond motifs is 1. The summed E-state index contributed by atoms with van der Waals surface area (Å²) in [5.74, 6) is -0.407. The van der Waals surface area contributed by atoms with Crippen LogP contribution in [0.3, 0.4) is 0 Å². The van der Waals surface area contributed by atoms with Crippen LogP contribution in [0, 0.1) is 12.7 Å². The maximum Gasteiger partial charge on any atom is 0.340 e. The van der Waals surface area contributed by atoms with Crippen LogP contribution in [-0.4, -0.2) is 67.8 Å². The van der Waals surface area contributed by atoms with E-state index in [1.165, 1.54) is 19.2 Å². The summed E-state index contributed by atoms with van der Waals surface area (Å²) in [5.41, 5.74) is 3.41. The number of piperazine rings is 1. The van der Waals surface area contributed by atoms with Crippen molar-refractivity contribution in [2.45, 2.75) is 13.8 Å². The van der Waals surface area contributed by atoms with E-state index in [9.17, 15) is 14.0 Å². The summed E-state index contributed by atoms with van der Waals surface area (Å²) in [6.07, 6.45) is 0. The number of rotatable bonds is 7. The van der Waals surface area contributed by atoms with E-state index in [0.29, 0.717) is 35.5 Å². The average Bonchev–Trinajstić information content (AvgIpc) is 3.11. The standard InChI is InChI=1S/C26H31FN4O4/c1-5-35-26(33)23-17(2)29(3)20-10-11-21(34-4)25(24(20)23)28-22(32)16-30-12-14-31(15-13-30)19-8-6-18(27)7-9-19/h6-11H,5,12-16H2,1-4H3,(H,28,32). The number of aryl methyl sites for hydroxylation is 1. The largest absolute Gasteiger partial charge is 0.495 e. The van der Waals surface area contributed by atoms with Crippen LogP contribution >= 0.6 is 0 Å². The Hall–Kier alpha value is -3.59. The highest BCUT2D eigenvalue weighted by Gasteiger charge is 2.26. The molecule has 1 N–H and O–H groups in total. The first-order valence-electron chi connectivity index (χ1n) is 11.7. The molecule has 1 aliphatic heterocycles. The molecule has 1 amide bonds. The van der Waals surface area contributed by atoms with Crippen LogP contribution in [0.25, 0.3) is 10.9 Å². The van der Waals surface area contributed by atoms with Gasteiger partial charge in [0.2, 0.25) is 5.91 Å². The van der Waals surface area contributed by atoms with Crippen LogP contribution in [0.15, 0.2) is 36.4 Å². The number of nitrogens with zero attached hydrogens (tertiary/aromatic N) is 3. The topological polar surface area (TPSA) is 76.0 Å². The molecule has 3 aromatic rings. The number of methoxy groups -OCH3 is 1. The molecule has 4 rings (SSSR count). The van der Waals surface area contributed by atoms with Crippen molar-refractivity contribution in [2.24, 2.45) is 7.05 Å². The van der Waals surface area contributed by atoms with Crippen LogP contribution in [-0.2, 0) is 16.6 Å². The highest BCUT2D eigenvalue weighted by Crippen LogP contribution is 2.38. The summed E-state index contributed by atoms with van der Waals surface area (Å²) in [6.45, 7) is 6.95. The minimum atomic E-state index is -0.434. The molecule has 0 unspecified atom stereocenters. The molecule has 2 heterocycles. The zero-order valence-corrected chi connectivity index (χ0v) is 20.6. The number of carbonyl (C=O) groups is 2. The second-order valence-corrected chi connectivity index (χ2v) is 8.56. The summed E-state index contributed by atoms with van der Waals surface area (Å²) < 4.78 is 26.0. The van der Waals surface area contributed by atoms with Crippen LogP contribution < -0.4 is 15.0 Å². The van der Waals surface area contributed by atoms with Crippen LogP contribution in [0.5, 0.6) is 5.75 Å². The molecule has 1 fully saturated rings. The fourth-order valence-corrected chi connectivity index (χ4v) is 4.58. The molecule has 0 spiro atoms. The van der Waals surface area contributed by atoms with Gasteiger partial charge in [-0.1, -0.05) is 0 Å². The van der Waals surface area contributed by atoms with Crippen molar-refractivity contribution in [2.75, 3.05) is 56.7 Å². The molecule has 1 saturated heterocycles. The SMILES string of the molecule is CCOC(=O)c1c(C)n(C)c2ccc(OC)c(NC(=O)CN3CCN(c4ccc(F)cc4)CC3)c12. The zero-order valence-electron chi connectivity index (χ0n) is 20.6. The molecular formula is C26H31FN4O4. The molecule has 35 heavy (non-hydrogen) atoms. The second-order valence-electron chi connectivity index (χ2n) is 8.56. The lowest BCUT2D eigenvalue weighted by Gasteiger charge is -2.35. The van der Waals surface area contributed by atoms with Gasteiger partial charge in [0.15, 0.2) is 0 Å². The number of anilines is 2. The van der Waals surface area contributed by atoms with Gasteiger partial charge >= 0.3 is 5.97 Å². The Morgan fingerprint density at radius 2 is 1.74 bits per heavy atom. The quantitative estimate of drug-likeness (QED) is 0.519. The molecule has 9 heteroatoms. The molecule has 8 nitrogen and oxygen atoms in total. The van der Waals surface area contributed by atoms with Gasteiger partial charge in [-0.3, -0.25) is 9.69 Å². The highest BCUT2D eigenvalue weighted by molar-refractivity contribution is 6.14. The third-order valence-electron chi connectivity index (χ3n) is 6.52. The van der Waals surface area contributed by atoms with E-state index < -0.39 is 5.97 Å². The van der Waals surface area contributed by atoms with Gasteiger partial charge in [0.25, 0.3) is 0 Å². The van der Waals surface area contributed by atoms with Gasteiger partial charge in [-0.15, -0.1) is 0 Å². The number of nitrogens with one attached hydrogen (secondary N) is 1. The molecule has 0 aliphatic carbocycles. The molecular weight excluding hydrogens is 451 g/mol. The average molecular weight is 483 g/mol. The van der Waals surface area contributed by atoms with Gasteiger partial charge < -0.3 is 24.3 Å². The highest BCUT2D eigenvalue weighted by atomic mass is 19.1. The number of carbonyl (C=O) groups excluding carboxylic acids is 2. The second kappa shape index (κ2) is 10.4. The van der Waals surface area contributed by atoms with Gasteiger partial charge in [-0.2, -0.15) is 0 Å². The van der Waals surface area contributed by atoms with Gasteiger partial charge in [-0.25, -0.2) is 9.18 Å². The lowest BCUT2D eigenvalue weighted by atomic mass is 10.1. The summed E-state index contributed by atoms with van der Waals surface area (Å²) in [5, 5.41) is 3.61. The Morgan fingerprint density at radius 3 is 2.37 bits per heavy atom. The van der Waals surface area contributed by atoms with E-state index >= 15 is 0 Å². The number of halogens is 1. The summed E-state index contributed by atoms with van der Waals surface area (Å²) >= 11 is 0. The number of benzene rings is 2. The Morgan fingerprint density at radius 1 is 1.06 bits per heavy atom. The van der Waals surface area contributed by atoms with Crippen LogP contribution in [0.2, 0.25) is 0 Å². The Bertz CT molecular complexity index is 1230. The van der Waals surface area contributed by atoms with E-state index in [1.54, 1.807) is 25.1 Å². The zero-order chi connectivity index (χ0) is 25.1. The Balaban J connectivity index is 1.52. The van der Waals surface area contributed by atoms with Crippen molar-refractivity contribution < 1.29 is 23.5 Å². The first-order valence-corrected chi connectivity index (χ1v) is 11.7. The number of hydrogen-bond donors (Lipinski definition) is 1.